The van der Waals surface area contributed by atoms with Crippen LogP contribution in [0.15, 0.2) is 24.3 Å². The molecule has 0 aromatic heterocycles. The first-order chi connectivity index (χ1) is 9.79. The summed E-state index contributed by atoms with van der Waals surface area (Å²) in [5.74, 6) is 1.91. The Labute approximate surface area is 123 Å². The molecular formula is C19H27N. The van der Waals surface area contributed by atoms with Crippen LogP contribution in [0.3, 0.4) is 0 Å². The van der Waals surface area contributed by atoms with Crippen LogP contribution in [0, 0.1) is 11.8 Å². The second kappa shape index (κ2) is 4.87. The van der Waals surface area contributed by atoms with Gasteiger partial charge in [-0.1, -0.05) is 30.7 Å². The molecule has 0 N–H and O–H groups in total. The summed E-state index contributed by atoms with van der Waals surface area (Å²) in [5.41, 5.74) is 3.95. The molecule has 2 fully saturated rings. The average molecular weight is 269 g/mol. The molecule has 1 spiro atoms. The van der Waals surface area contributed by atoms with E-state index in [-0.39, 0.29) is 0 Å². The molecule has 1 saturated carbocycles. The monoisotopic (exact) mass is 269 g/mol. The van der Waals surface area contributed by atoms with Crippen molar-refractivity contribution in [2.75, 3.05) is 20.1 Å². The number of aryl methyl sites for hydroxylation is 1. The maximum atomic E-state index is 2.56. The summed E-state index contributed by atoms with van der Waals surface area (Å²) >= 11 is 0. The summed E-state index contributed by atoms with van der Waals surface area (Å²) in [6.45, 7) is 2.65. The van der Waals surface area contributed by atoms with Crippen molar-refractivity contribution < 1.29 is 0 Å². The minimum atomic E-state index is 0.541. The Hall–Kier alpha value is -0.820. The molecule has 2 aliphatic carbocycles. The minimum absolute atomic E-state index is 0.541. The van der Waals surface area contributed by atoms with Crippen LogP contribution in [0.25, 0.3) is 0 Å². The normalized spacial score (nSPS) is 37.5. The second-order valence-electron chi connectivity index (χ2n) is 7.48. The summed E-state index contributed by atoms with van der Waals surface area (Å²) in [4.78, 5) is 2.56. The molecule has 0 amide bonds. The third-order valence-electron chi connectivity index (χ3n) is 6.47. The Kier molecular flexibility index (Phi) is 3.14. The van der Waals surface area contributed by atoms with Gasteiger partial charge in [0.15, 0.2) is 0 Å². The van der Waals surface area contributed by atoms with Crippen molar-refractivity contribution in [2.24, 2.45) is 11.8 Å². The van der Waals surface area contributed by atoms with Crippen molar-refractivity contribution in [3.8, 4) is 0 Å². The van der Waals surface area contributed by atoms with Crippen molar-refractivity contribution in [2.45, 2.75) is 50.4 Å². The van der Waals surface area contributed by atoms with E-state index in [2.05, 4.69) is 36.2 Å². The lowest BCUT2D eigenvalue weighted by Crippen LogP contribution is -2.51. The van der Waals surface area contributed by atoms with E-state index in [9.17, 15) is 0 Å². The van der Waals surface area contributed by atoms with E-state index in [0.29, 0.717) is 5.41 Å². The van der Waals surface area contributed by atoms with Gasteiger partial charge in [0.2, 0.25) is 0 Å². The summed E-state index contributed by atoms with van der Waals surface area (Å²) in [6.07, 6.45) is 9.98. The molecule has 1 aromatic carbocycles. The van der Waals surface area contributed by atoms with Gasteiger partial charge < -0.3 is 4.90 Å². The van der Waals surface area contributed by atoms with E-state index in [1.165, 1.54) is 58.0 Å². The van der Waals surface area contributed by atoms with Gasteiger partial charge in [0.25, 0.3) is 0 Å². The molecule has 1 saturated heterocycles. The molecule has 1 aromatic rings. The molecule has 3 atom stereocenters. The Morgan fingerprint density at radius 2 is 1.95 bits per heavy atom. The fraction of sp³-hybridized carbons (Fsp3) is 0.684. The predicted octanol–water partition coefficient (Wildman–Crippen LogP) is 4.01. The first kappa shape index (κ1) is 12.9. The van der Waals surface area contributed by atoms with Gasteiger partial charge in [0, 0.05) is 6.54 Å². The van der Waals surface area contributed by atoms with Crippen molar-refractivity contribution in [1.29, 1.82) is 0 Å². The van der Waals surface area contributed by atoms with Gasteiger partial charge in [-0.15, -0.1) is 0 Å². The van der Waals surface area contributed by atoms with E-state index in [1.807, 2.05) is 0 Å². The Morgan fingerprint density at radius 1 is 1.10 bits per heavy atom. The van der Waals surface area contributed by atoms with Crippen LogP contribution in [0.1, 0.15) is 49.7 Å². The number of hydrogen-bond donors (Lipinski definition) is 0. The maximum Gasteiger partial charge on any atom is 0.000959 e. The fourth-order valence-electron chi connectivity index (χ4n) is 5.70. The lowest BCUT2D eigenvalue weighted by molar-refractivity contribution is 0.0269. The van der Waals surface area contributed by atoms with Gasteiger partial charge in [-0.25, -0.2) is 0 Å². The van der Waals surface area contributed by atoms with E-state index >= 15 is 0 Å². The molecule has 1 heteroatoms. The summed E-state index contributed by atoms with van der Waals surface area (Å²) in [7, 11) is 2.31. The van der Waals surface area contributed by atoms with Gasteiger partial charge in [-0.05, 0) is 80.5 Å². The molecule has 3 aliphatic rings. The zero-order valence-corrected chi connectivity index (χ0v) is 12.8. The molecule has 1 aliphatic heterocycles. The zero-order valence-electron chi connectivity index (χ0n) is 12.8. The van der Waals surface area contributed by atoms with Crippen molar-refractivity contribution in [3.05, 3.63) is 35.4 Å². The lowest BCUT2D eigenvalue weighted by Gasteiger charge is -2.54. The van der Waals surface area contributed by atoms with Crippen LogP contribution in [0.4, 0.5) is 0 Å². The SMILES string of the molecule is CN1CC[C@H]2[C@@H](CCC[C@@]23CCCc2ccccc23)C1. The first-order valence-corrected chi connectivity index (χ1v) is 8.56. The quantitative estimate of drug-likeness (QED) is 0.688. The maximum absolute atomic E-state index is 2.56. The standard InChI is InChI=1S/C19H27N/c1-20-13-10-18-16(14-20)8-5-12-19(18)11-4-7-15-6-2-3-9-17(15)19/h2-3,6,9,16,18H,4-5,7-8,10-14H2,1H3/t16-,18-,19+/m0/s1. The van der Waals surface area contributed by atoms with Crippen LogP contribution in [0.5, 0.6) is 0 Å². The molecule has 0 unspecified atom stereocenters. The minimum Gasteiger partial charge on any atom is -0.306 e. The number of benzene rings is 1. The van der Waals surface area contributed by atoms with E-state index in [4.69, 9.17) is 0 Å². The molecule has 1 heterocycles. The summed E-state index contributed by atoms with van der Waals surface area (Å²) in [6, 6.07) is 9.39. The Balaban J connectivity index is 1.76. The number of hydrogen-bond acceptors (Lipinski definition) is 1. The molecule has 0 radical (unpaired) electrons. The fourth-order valence-corrected chi connectivity index (χ4v) is 5.70. The summed E-state index contributed by atoms with van der Waals surface area (Å²) in [5, 5.41) is 0. The highest BCUT2D eigenvalue weighted by Crippen LogP contribution is 2.54. The van der Waals surface area contributed by atoms with Crippen molar-refractivity contribution >= 4 is 0 Å². The zero-order chi connectivity index (χ0) is 13.6. The molecular weight excluding hydrogens is 242 g/mol. The molecule has 4 rings (SSSR count). The van der Waals surface area contributed by atoms with Gasteiger partial charge in [0.1, 0.15) is 0 Å². The predicted molar refractivity (Wildman–Crippen MR) is 84.0 cm³/mol. The van der Waals surface area contributed by atoms with E-state index < -0.39 is 0 Å². The van der Waals surface area contributed by atoms with Crippen LogP contribution in [0.2, 0.25) is 0 Å². The third kappa shape index (κ3) is 1.86. The largest absolute Gasteiger partial charge is 0.306 e. The Morgan fingerprint density at radius 3 is 2.90 bits per heavy atom. The van der Waals surface area contributed by atoms with Crippen LogP contribution >= 0.6 is 0 Å². The smallest absolute Gasteiger partial charge is 0.000959 e. The third-order valence-corrected chi connectivity index (χ3v) is 6.47. The van der Waals surface area contributed by atoms with Crippen molar-refractivity contribution in [1.82, 2.24) is 4.90 Å². The van der Waals surface area contributed by atoms with Crippen molar-refractivity contribution in [3.63, 3.8) is 0 Å². The number of fused-ring (bicyclic) bond motifs is 4. The topological polar surface area (TPSA) is 3.24 Å². The van der Waals surface area contributed by atoms with Gasteiger partial charge >= 0.3 is 0 Å². The Bertz CT molecular complexity index is 494. The summed E-state index contributed by atoms with van der Waals surface area (Å²) < 4.78 is 0. The number of piperidine rings is 1. The highest BCUT2D eigenvalue weighted by Gasteiger charge is 2.49. The highest BCUT2D eigenvalue weighted by molar-refractivity contribution is 5.38. The number of likely N-dealkylation sites (tertiary alicyclic amines) is 1. The van der Waals surface area contributed by atoms with E-state index in [0.717, 1.165) is 11.8 Å². The highest BCUT2D eigenvalue weighted by atomic mass is 15.1. The molecule has 108 valence electrons. The number of nitrogens with zero attached hydrogens (tertiary/aromatic N) is 1. The molecule has 1 nitrogen and oxygen atoms in total. The first-order valence-electron chi connectivity index (χ1n) is 8.56. The lowest BCUT2D eigenvalue weighted by atomic mass is 9.52. The van der Waals surface area contributed by atoms with Crippen LogP contribution in [-0.2, 0) is 11.8 Å². The second-order valence-corrected chi connectivity index (χ2v) is 7.48. The number of rotatable bonds is 0. The average Bonchev–Trinajstić information content (AvgIpc) is 2.48. The van der Waals surface area contributed by atoms with Gasteiger partial charge in [-0.3, -0.25) is 0 Å². The molecule has 0 bridgehead atoms. The van der Waals surface area contributed by atoms with Crippen LogP contribution in [-0.4, -0.2) is 25.0 Å². The van der Waals surface area contributed by atoms with Crippen LogP contribution < -0.4 is 0 Å². The van der Waals surface area contributed by atoms with Gasteiger partial charge in [0.05, 0.1) is 0 Å². The van der Waals surface area contributed by atoms with Gasteiger partial charge in [-0.2, -0.15) is 0 Å². The molecule has 20 heavy (non-hydrogen) atoms. The van der Waals surface area contributed by atoms with E-state index in [1.54, 1.807) is 11.1 Å².